The van der Waals surface area contributed by atoms with Crippen LogP contribution in [0.5, 0.6) is 0 Å². The Labute approximate surface area is 130 Å². The summed E-state index contributed by atoms with van der Waals surface area (Å²) in [6.45, 7) is 1.26. The lowest BCUT2D eigenvalue weighted by atomic mass is 10.2. The maximum absolute atomic E-state index is 5.66. The Morgan fingerprint density at radius 3 is 2.62 bits per heavy atom. The van der Waals surface area contributed by atoms with Crippen molar-refractivity contribution in [2.75, 3.05) is 0 Å². The first-order valence-electron chi connectivity index (χ1n) is 6.50. The molecule has 106 valence electrons. The lowest BCUT2D eigenvalue weighted by molar-refractivity contribution is 0.477. The van der Waals surface area contributed by atoms with Crippen molar-refractivity contribution in [1.82, 2.24) is 20.5 Å². The van der Waals surface area contributed by atoms with Crippen LogP contribution in [0.4, 0.5) is 0 Å². The summed E-state index contributed by atoms with van der Waals surface area (Å²) in [7, 11) is 0. The van der Waals surface area contributed by atoms with Gasteiger partial charge in [0.05, 0.1) is 12.1 Å². The van der Waals surface area contributed by atoms with Crippen molar-refractivity contribution in [3.63, 3.8) is 0 Å². The molecule has 3 aromatic rings. The minimum Gasteiger partial charge on any atom is -0.419 e. The number of benzene rings is 1. The molecule has 1 aromatic carbocycles. The first kappa shape index (κ1) is 13.9. The highest BCUT2D eigenvalue weighted by Crippen LogP contribution is 2.26. The molecule has 0 aliphatic rings. The minimum absolute atomic E-state index is 0.517. The number of aromatic nitrogens is 3. The summed E-state index contributed by atoms with van der Waals surface area (Å²) in [5.41, 5.74) is 2.06. The van der Waals surface area contributed by atoms with Gasteiger partial charge >= 0.3 is 0 Å². The van der Waals surface area contributed by atoms with Crippen molar-refractivity contribution in [1.29, 1.82) is 0 Å². The predicted octanol–water partition coefficient (Wildman–Crippen LogP) is 3.18. The molecule has 1 N–H and O–H groups in total. The van der Waals surface area contributed by atoms with Crippen LogP contribution in [0, 0.1) is 0 Å². The number of hydrogen-bond acceptors (Lipinski definition) is 5. The van der Waals surface area contributed by atoms with Gasteiger partial charge < -0.3 is 9.73 Å². The second-order valence-electron chi connectivity index (χ2n) is 4.44. The van der Waals surface area contributed by atoms with Crippen LogP contribution in [0.15, 0.2) is 57.7 Å². The minimum atomic E-state index is 0.517. The van der Waals surface area contributed by atoms with Crippen molar-refractivity contribution < 1.29 is 4.42 Å². The number of hydrogen-bond donors (Lipinski definition) is 1. The number of nitrogens with zero attached hydrogens (tertiary/aromatic N) is 3. The second-order valence-corrected chi connectivity index (χ2v) is 5.29. The van der Waals surface area contributed by atoms with Gasteiger partial charge in [0, 0.05) is 23.4 Å². The first-order valence-corrected chi connectivity index (χ1v) is 7.29. The lowest BCUT2D eigenvalue weighted by Crippen LogP contribution is -2.12. The predicted molar refractivity (Wildman–Crippen MR) is 82.2 cm³/mol. The van der Waals surface area contributed by atoms with E-state index in [2.05, 4.69) is 36.4 Å². The van der Waals surface area contributed by atoms with Gasteiger partial charge in [0.1, 0.15) is 0 Å². The topological polar surface area (TPSA) is 63.8 Å². The van der Waals surface area contributed by atoms with Crippen LogP contribution in [-0.2, 0) is 13.1 Å². The van der Waals surface area contributed by atoms with Gasteiger partial charge in [-0.25, -0.2) is 0 Å². The molecular formula is C15H13BrN4O. The zero-order valence-corrected chi connectivity index (χ0v) is 12.7. The van der Waals surface area contributed by atoms with Crippen LogP contribution in [0.25, 0.3) is 11.5 Å². The van der Waals surface area contributed by atoms with Gasteiger partial charge in [-0.3, -0.25) is 4.98 Å². The Morgan fingerprint density at radius 1 is 1.00 bits per heavy atom. The molecule has 0 unspecified atom stereocenters. The Kier molecular flexibility index (Phi) is 4.37. The molecule has 0 aliphatic heterocycles. The molecule has 0 aliphatic carbocycles. The molecule has 0 amide bonds. The van der Waals surface area contributed by atoms with E-state index >= 15 is 0 Å². The molecule has 0 saturated carbocycles. The van der Waals surface area contributed by atoms with Crippen molar-refractivity contribution in [2.24, 2.45) is 0 Å². The van der Waals surface area contributed by atoms with E-state index in [0.29, 0.717) is 18.3 Å². The lowest BCUT2D eigenvalue weighted by Gasteiger charge is -2.01. The fourth-order valence-corrected chi connectivity index (χ4v) is 2.34. The van der Waals surface area contributed by atoms with E-state index in [-0.39, 0.29) is 0 Å². The molecule has 0 radical (unpaired) electrons. The third-order valence-electron chi connectivity index (χ3n) is 2.93. The molecule has 2 heterocycles. The number of rotatable bonds is 5. The Bertz CT molecular complexity index is 714. The standard InChI is InChI=1S/C15H13BrN4O/c16-13-4-2-1-3-12(13)15-20-19-14(21-15)10-18-9-11-5-7-17-8-6-11/h1-8,18H,9-10H2. The Morgan fingerprint density at radius 2 is 1.81 bits per heavy atom. The van der Waals surface area contributed by atoms with E-state index in [4.69, 9.17) is 4.42 Å². The SMILES string of the molecule is Brc1ccccc1-c1nnc(CNCc2ccncc2)o1. The first-order chi connectivity index (χ1) is 10.3. The largest absolute Gasteiger partial charge is 0.419 e. The molecule has 0 fully saturated rings. The smallest absolute Gasteiger partial charge is 0.248 e. The molecule has 0 bridgehead atoms. The van der Waals surface area contributed by atoms with E-state index in [1.807, 2.05) is 36.4 Å². The summed E-state index contributed by atoms with van der Waals surface area (Å²) >= 11 is 3.48. The van der Waals surface area contributed by atoms with Crippen molar-refractivity contribution in [3.8, 4) is 11.5 Å². The van der Waals surface area contributed by atoms with Gasteiger partial charge in [-0.2, -0.15) is 0 Å². The van der Waals surface area contributed by atoms with Gasteiger partial charge in [0.15, 0.2) is 0 Å². The summed E-state index contributed by atoms with van der Waals surface area (Å²) in [6, 6.07) is 11.7. The van der Waals surface area contributed by atoms with Crippen molar-refractivity contribution in [3.05, 3.63) is 64.7 Å². The second kappa shape index (κ2) is 6.60. The van der Waals surface area contributed by atoms with E-state index in [0.717, 1.165) is 22.1 Å². The zero-order chi connectivity index (χ0) is 14.5. The molecule has 0 atom stereocenters. The highest BCUT2D eigenvalue weighted by atomic mass is 79.9. The zero-order valence-electron chi connectivity index (χ0n) is 11.2. The fourth-order valence-electron chi connectivity index (χ4n) is 1.88. The molecule has 0 saturated heterocycles. The molecule has 21 heavy (non-hydrogen) atoms. The average Bonchev–Trinajstić information content (AvgIpc) is 2.97. The van der Waals surface area contributed by atoms with Gasteiger partial charge in [-0.1, -0.05) is 12.1 Å². The quantitative estimate of drug-likeness (QED) is 0.769. The monoisotopic (exact) mass is 344 g/mol. The fraction of sp³-hybridized carbons (Fsp3) is 0.133. The number of nitrogens with one attached hydrogen (secondary N) is 1. The summed E-state index contributed by atoms with van der Waals surface area (Å²) in [5, 5.41) is 11.4. The Hall–Kier alpha value is -2.05. The number of pyridine rings is 1. The summed E-state index contributed by atoms with van der Waals surface area (Å²) < 4.78 is 6.60. The van der Waals surface area contributed by atoms with Crippen LogP contribution in [-0.4, -0.2) is 15.2 Å². The molecular weight excluding hydrogens is 332 g/mol. The maximum Gasteiger partial charge on any atom is 0.248 e. The third kappa shape index (κ3) is 3.53. The van der Waals surface area contributed by atoms with Gasteiger partial charge in [0.2, 0.25) is 11.8 Å². The van der Waals surface area contributed by atoms with Crippen LogP contribution in [0.3, 0.4) is 0 Å². The summed E-state index contributed by atoms with van der Waals surface area (Å²) in [5.74, 6) is 1.08. The average molecular weight is 345 g/mol. The number of halogens is 1. The molecule has 3 rings (SSSR count). The third-order valence-corrected chi connectivity index (χ3v) is 3.62. The normalized spacial score (nSPS) is 10.7. The van der Waals surface area contributed by atoms with E-state index < -0.39 is 0 Å². The maximum atomic E-state index is 5.66. The summed E-state index contributed by atoms with van der Waals surface area (Å²) in [4.78, 5) is 3.98. The molecule has 2 aromatic heterocycles. The van der Waals surface area contributed by atoms with Gasteiger partial charge in [-0.15, -0.1) is 10.2 Å². The van der Waals surface area contributed by atoms with Crippen molar-refractivity contribution >= 4 is 15.9 Å². The van der Waals surface area contributed by atoms with Crippen LogP contribution >= 0.6 is 15.9 Å². The summed E-state index contributed by atoms with van der Waals surface area (Å²) in [6.07, 6.45) is 3.55. The van der Waals surface area contributed by atoms with Crippen LogP contribution in [0.2, 0.25) is 0 Å². The van der Waals surface area contributed by atoms with Gasteiger partial charge in [0.25, 0.3) is 0 Å². The van der Waals surface area contributed by atoms with Gasteiger partial charge in [-0.05, 0) is 45.8 Å². The van der Waals surface area contributed by atoms with Crippen molar-refractivity contribution in [2.45, 2.75) is 13.1 Å². The highest BCUT2D eigenvalue weighted by molar-refractivity contribution is 9.10. The molecule has 6 heteroatoms. The van der Waals surface area contributed by atoms with Crippen LogP contribution in [0.1, 0.15) is 11.5 Å². The van der Waals surface area contributed by atoms with E-state index in [1.54, 1.807) is 12.4 Å². The molecule has 5 nitrogen and oxygen atoms in total. The Balaban J connectivity index is 1.62. The van der Waals surface area contributed by atoms with E-state index in [1.165, 1.54) is 0 Å². The molecule has 0 spiro atoms. The van der Waals surface area contributed by atoms with E-state index in [9.17, 15) is 0 Å². The highest BCUT2D eigenvalue weighted by Gasteiger charge is 2.10. The van der Waals surface area contributed by atoms with Crippen LogP contribution < -0.4 is 5.32 Å².